The summed E-state index contributed by atoms with van der Waals surface area (Å²) in [7, 11) is -3.64. The van der Waals surface area contributed by atoms with Crippen molar-refractivity contribution < 1.29 is 18.3 Å². The van der Waals surface area contributed by atoms with Crippen LogP contribution in [0.2, 0.25) is 36.3 Å². The van der Waals surface area contributed by atoms with Gasteiger partial charge in [-0.2, -0.15) is 0 Å². The molecule has 0 aliphatic carbocycles. The van der Waals surface area contributed by atoms with E-state index >= 15 is 0 Å². The van der Waals surface area contributed by atoms with Gasteiger partial charge >= 0.3 is 0 Å². The average molecular weight is 375 g/mol. The van der Waals surface area contributed by atoms with Crippen LogP contribution in [0.3, 0.4) is 0 Å². The fraction of sp³-hybridized carbons (Fsp3) is 1.00. The van der Waals surface area contributed by atoms with Gasteiger partial charge in [0, 0.05) is 0 Å². The molecule has 0 aromatic carbocycles. The van der Waals surface area contributed by atoms with Crippen LogP contribution in [0.1, 0.15) is 41.5 Å². The van der Waals surface area contributed by atoms with Crippen molar-refractivity contribution in [1.29, 1.82) is 0 Å². The second kappa shape index (κ2) is 6.46. The van der Waals surface area contributed by atoms with E-state index in [2.05, 4.69) is 67.7 Å². The van der Waals surface area contributed by atoms with E-state index in [1.165, 1.54) is 0 Å². The number of ether oxygens (including phenoxy) is 2. The maximum absolute atomic E-state index is 6.57. The Hall–Kier alpha value is 0.274. The molecule has 4 atom stereocenters. The molecule has 2 heterocycles. The first-order chi connectivity index (χ1) is 10.7. The summed E-state index contributed by atoms with van der Waals surface area (Å²) in [6, 6.07) is 0. The molecule has 0 amide bonds. The molecule has 2 fully saturated rings. The van der Waals surface area contributed by atoms with Crippen LogP contribution < -0.4 is 0 Å². The number of hydrogen-bond acceptors (Lipinski definition) is 4. The van der Waals surface area contributed by atoms with E-state index < -0.39 is 16.6 Å². The largest absolute Gasteiger partial charge is 0.409 e. The van der Waals surface area contributed by atoms with E-state index in [9.17, 15) is 0 Å². The Morgan fingerprint density at radius 2 is 0.958 bits per heavy atom. The molecule has 0 unspecified atom stereocenters. The Balaban J connectivity index is 2.02. The zero-order valence-corrected chi connectivity index (χ0v) is 19.4. The second-order valence-electron chi connectivity index (χ2n) is 10.4. The van der Waals surface area contributed by atoms with Crippen LogP contribution in [0.25, 0.3) is 0 Å². The lowest BCUT2D eigenvalue weighted by Gasteiger charge is -2.39. The molecule has 2 aliphatic heterocycles. The molecule has 142 valence electrons. The summed E-state index contributed by atoms with van der Waals surface area (Å²) in [6.45, 7) is 24.0. The Morgan fingerprint density at radius 1 is 0.667 bits per heavy atom. The van der Waals surface area contributed by atoms with Crippen LogP contribution >= 0.6 is 0 Å². The smallest absolute Gasteiger partial charge is 0.192 e. The topological polar surface area (TPSA) is 36.9 Å². The van der Waals surface area contributed by atoms with E-state index in [-0.39, 0.29) is 34.5 Å². The molecule has 0 aromatic rings. The van der Waals surface area contributed by atoms with Crippen molar-refractivity contribution in [1.82, 2.24) is 0 Å². The summed E-state index contributed by atoms with van der Waals surface area (Å²) in [6.07, 6.45) is 0.135. The first-order valence-corrected chi connectivity index (χ1v) is 15.1. The highest BCUT2D eigenvalue weighted by atomic mass is 28.4. The standard InChI is InChI=1S/C18H38O4Si2/c1-17(2,3)23(7,8)21-13-11-19-16-14(12-20-15(13)16)22-24(9,10)18(4,5)6/h13-16H,11-12H2,1-10H3/t13-,14+,15-,16-/m1/s1. The lowest BCUT2D eigenvalue weighted by molar-refractivity contribution is 0.00982. The van der Waals surface area contributed by atoms with Crippen LogP contribution in [0.4, 0.5) is 0 Å². The zero-order valence-electron chi connectivity index (χ0n) is 17.4. The van der Waals surface area contributed by atoms with Gasteiger partial charge in [-0.1, -0.05) is 41.5 Å². The number of fused-ring (bicyclic) bond motifs is 1. The maximum Gasteiger partial charge on any atom is 0.192 e. The lowest BCUT2D eigenvalue weighted by atomic mass is 10.1. The molecule has 6 heteroatoms. The fourth-order valence-corrected chi connectivity index (χ4v) is 5.37. The van der Waals surface area contributed by atoms with Gasteiger partial charge in [-0.05, 0) is 36.3 Å². The molecule has 24 heavy (non-hydrogen) atoms. The van der Waals surface area contributed by atoms with Gasteiger partial charge in [0.25, 0.3) is 0 Å². The molecule has 0 saturated carbocycles. The van der Waals surface area contributed by atoms with Crippen LogP contribution in [0.15, 0.2) is 0 Å². The average Bonchev–Trinajstić information content (AvgIpc) is 2.90. The molecule has 2 rings (SSSR count). The normalized spacial score (nSPS) is 32.2. The van der Waals surface area contributed by atoms with Crippen LogP contribution in [-0.2, 0) is 18.3 Å². The molecule has 2 saturated heterocycles. The van der Waals surface area contributed by atoms with Crippen LogP contribution in [-0.4, -0.2) is 54.3 Å². The van der Waals surface area contributed by atoms with Gasteiger partial charge in [0.05, 0.1) is 25.4 Å². The monoisotopic (exact) mass is 374 g/mol. The minimum atomic E-state index is -1.82. The third kappa shape index (κ3) is 3.99. The first-order valence-electron chi connectivity index (χ1n) is 9.24. The summed E-state index contributed by atoms with van der Waals surface area (Å²) < 4.78 is 25.3. The summed E-state index contributed by atoms with van der Waals surface area (Å²) >= 11 is 0. The fourth-order valence-electron chi connectivity index (χ4n) is 2.74. The van der Waals surface area contributed by atoms with Crippen molar-refractivity contribution in [3.63, 3.8) is 0 Å². The van der Waals surface area contributed by atoms with Crippen LogP contribution in [0.5, 0.6) is 0 Å². The first kappa shape index (κ1) is 20.6. The summed E-state index contributed by atoms with van der Waals surface area (Å²) in [5.74, 6) is 0. The van der Waals surface area contributed by atoms with Gasteiger partial charge in [-0.3, -0.25) is 0 Å². The van der Waals surface area contributed by atoms with Crippen molar-refractivity contribution in [3.05, 3.63) is 0 Å². The van der Waals surface area contributed by atoms with E-state index in [4.69, 9.17) is 18.3 Å². The highest BCUT2D eigenvalue weighted by molar-refractivity contribution is 6.74. The molecule has 0 N–H and O–H groups in total. The Morgan fingerprint density at radius 3 is 1.21 bits per heavy atom. The Labute approximate surface area is 150 Å². The lowest BCUT2D eigenvalue weighted by Crippen LogP contribution is -2.48. The SMILES string of the molecule is CC(C)(C)[Si](C)(C)O[C@H]1CO[C@H]2[C@@H]1OC[C@H]2O[Si](C)(C)C(C)(C)C. The highest BCUT2D eigenvalue weighted by Gasteiger charge is 2.53. The van der Waals surface area contributed by atoms with E-state index in [0.717, 1.165) is 0 Å². The Kier molecular flexibility index (Phi) is 5.54. The van der Waals surface area contributed by atoms with E-state index in [1.54, 1.807) is 0 Å². The van der Waals surface area contributed by atoms with Gasteiger partial charge in [0.15, 0.2) is 16.6 Å². The maximum atomic E-state index is 6.57. The second-order valence-corrected chi connectivity index (χ2v) is 19.9. The molecule has 0 bridgehead atoms. The van der Waals surface area contributed by atoms with Gasteiger partial charge in [-0.25, -0.2) is 0 Å². The molecule has 0 spiro atoms. The van der Waals surface area contributed by atoms with E-state index in [0.29, 0.717) is 13.2 Å². The molecule has 0 aromatic heterocycles. The summed E-state index contributed by atoms with van der Waals surface area (Å²) in [5.41, 5.74) is 0. The zero-order chi connectivity index (χ0) is 18.6. The van der Waals surface area contributed by atoms with Crippen molar-refractivity contribution >= 4 is 16.6 Å². The summed E-state index contributed by atoms with van der Waals surface area (Å²) in [5, 5.41) is 0.390. The van der Waals surface area contributed by atoms with Crippen molar-refractivity contribution in [3.8, 4) is 0 Å². The Bertz CT molecular complexity index is 409. The predicted molar refractivity (Wildman–Crippen MR) is 104 cm³/mol. The van der Waals surface area contributed by atoms with Gasteiger partial charge in [-0.15, -0.1) is 0 Å². The predicted octanol–water partition coefficient (Wildman–Crippen LogP) is 4.56. The number of rotatable bonds is 4. The highest BCUT2D eigenvalue weighted by Crippen LogP contribution is 2.42. The third-order valence-electron chi connectivity index (χ3n) is 6.47. The molecular formula is C18H38O4Si2. The van der Waals surface area contributed by atoms with Crippen molar-refractivity contribution in [2.24, 2.45) is 0 Å². The quantitative estimate of drug-likeness (QED) is 0.676. The molecular weight excluding hydrogens is 336 g/mol. The van der Waals surface area contributed by atoms with E-state index in [1.807, 2.05) is 0 Å². The third-order valence-corrected chi connectivity index (χ3v) is 15.5. The summed E-state index contributed by atoms with van der Waals surface area (Å²) in [4.78, 5) is 0. The molecule has 2 aliphatic rings. The van der Waals surface area contributed by atoms with Gasteiger partial charge < -0.3 is 18.3 Å². The van der Waals surface area contributed by atoms with Crippen molar-refractivity contribution in [2.45, 2.75) is 102 Å². The van der Waals surface area contributed by atoms with Crippen molar-refractivity contribution in [2.75, 3.05) is 13.2 Å². The van der Waals surface area contributed by atoms with Crippen LogP contribution in [0, 0.1) is 0 Å². The molecule has 4 nitrogen and oxygen atoms in total. The van der Waals surface area contributed by atoms with Gasteiger partial charge in [0.1, 0.15) is 12.2 Å². The minimum absolute atomic E-state index is 0.0221. The minimum Gasteiger partial charge on any atom is -0.409 e. The molecule has 0 radical (unpaired) electrons. The number of hydrogen-bond donors (Lipinski definition) is 0. The van der Waals surface area contributed by atoms with Gasteiger partial charge in [0.2, 0.25) is 0 Å².